The number of aryl methyl sites for hydroxylation is 1. The molecule has 0 aliphatic carbocycles. The Labute approximate surface area is 163 Å². The molecule has 0 aliphatic heterocycles. The van der Waals surface area contributed by atoms with Crippen molar-refractivity contribution in [1.29, 1.82) is 0 Å². The van der Waals surface area contributed by atoms with Crippen LogP contribution < -0.4 is 10.9 Å². The molecular formula is C18H19N3O4S2. The Hall–Kier alpha value is -2.52. The van der Waals surface area contributed by atoms with E-state index in [1.54, 1.807) is 25.2 Å². The molecule has 0 fully saturated rings. The van der Waals surface area contributed by atoms with Gasteiger partial charge in [0.05, 0.1) is 24.4 Å². The summed E-state index contributed by atoms with van der Waals surface area (Å²) in [7, 11) is 0. The van der Waals surface area contributed by atoms with Gasteiger partial charge in [0.25, 0.3) is 5.56 Å². The van der Waals surface area contributed by atoms with Gasteiger partial charge in [-0.15, -0.1) is 22.7 Å². The molecule has 0 saturated carbocycles. The van der Waals surface area contributed by atoms with Gasteiger partial charge in [0.2, 0.25) is 5.91 Å². The van der Waals surface area contributed by atoms with Crippen molar-refractivity contribution < 1.29 is 14.3 Å². The maximum absolute atomic E-state index is 12.8. The number of rotatable bonds is 6. The molecule has 0 aliphatic rings. The van der Waals surface area contributed by atoms with E-state index in [1.807, 2.05) is 24.4 Å². The molecular weight excluding hydrogens is 386 g/mol. The highest BCUT2D eigenvalue weighted by Gasteiger charge is 2.21. The fourth-order valence-electron chi connectivity index (χ4n) is 2.71. The smallest absolute Gasteiger partial charge is 0.348 e. The Balaban J connectivity index is 1.84. The van der Waals surface area contributed by atoms with E-state index in [0.717, 1.165) is 16.2 Å². The minimum atomic E-state index is -0.466. The normalized spacial score (nSPS) is 12.1. The highest BCUT2D eigenvalue weighted by Crippen LogP contribution is 2.27. The van der Waals surface area contributed by atoms with Crippen molar-refractivity contribution in [2.24, 2.45) is 0 Å². The summed E-state index contributed by atoms with van der Waals surface area (Å²) in [4.78, 5) is 43.3. The largest absolute Gasteiger partial charge is 0.462 e. The van der Waals surface area contributed by atoms with Gasteiger partial charge in [0.15, 0.2) is 0 Å². The lowest BCUT2D eigenvalue weighted by Gasteiger charge is -2.13. The summed E-state index contributed by atoms with van der Waals surface area (Å²) in [6, 6.07) is 3.73. The molecule has 0 saturated heterocycles. The lowest BCUT2D eigenvalue weighted by atomic mass is 10.2. The van der Waals surface area contributed by atoms with Crippen LogP contribution in [0.25, 0.3) is 10.2 Å². The molecule has 0 aromatic carbocycles. The molecule has 1 atom stereocenters. The fourth-order valence-corrected chi connectivity index (χ4v) is 4.48. The highest BCUT2D eigenvalue weighted by molar-refractivity contribution is 7.20. The Bertz CT molecular complexity index is 1040. The molecule has 9 heteroatoms. The number of hydrogen-bond acceptors (Lipinski definition) is 7. The Morgan fingerprint density at radius 1 is 1.41 bits per heavy atom. The molecule has 0 spiro atoms. The van der Waals surface area contributed by atoms with E-state index in [1.165, 1.54) is 10.9 Å². The number of hydrogen-bond donors (Lipinski definition) is 1. The van der Waals surface area contributed by atoms with Crippen LogP contribution in [0.4, 0.5) is 0 Å². The van der Waals surface area contributed by atoms with Crippen LogP contribution in [0.3, 0.4) is 0 Å². The average molecular weight is 406 g/mol. The zero-order valence-corrected chi connectivity index (χ0v) is 16.8. The number of nitrogens with one attached hydrogen (secondary N) is 1. The number of amides is 1. The van der Waals surface area contributed by atoms with Crippen molar-refractivity contribution in [2.45, 2.75) is 33.4 Å². The summed E-state index contributed by atoms with van der Waals surface area (Å²) in [5.74, 6) is -0.746. The number of carbonyl (C=O) groups excluding carboxylic acids is 2. The third kappa shape index (κ3) is 3.93. The van der Waals surface area contributed by atoms with Crippen LogP contribution in [0, 0.1) is 6.92 Å². The van der Waals surface area contributed by atoms with E-state index in [9.17, 15) is 14.4 Å². The summed E-state index contributed by atoms with van der Waals surface area (Å²) in [5.41, 5.74) is 0.191. The molecule has 3 rings (SSSR count). The number of carbonyl (C=O) groups is 2. The Morgan fingerprint density at radius 3 is 2.85 bits per heavy atom. The predicted octanol–water partition coefficient (Wildman–Crippen LogP) is 2.88. The van der Waals surface area contributed by atoms with Crippen molar-refractivity contribution in [3.8, 4) is 0 Å². The predicted molar refractivity (Wildman–Crippen MR) is 105 cm³/mol. The highest BCUT2D eigenvalue weighted by atomic mass is 32.1. The van der Waals surface area contributed by atoms with Crippen LogP contribution in [0.5, 0.6) is 0 Å². The van der Waals surface area contributed by atoms with Crippen LogP contribution in [0.1, 0.15) is 40.0 Å². The zero-order chi connectivity index (χ0) is 19.6. The summed E-state index contributed by atoms with van der Waals surface area (Å²) >= 11 is 2.68. The van der Waals surface area contributed by atoms with Gasteiger partial charge in [0, 0.05) is 4.88 Å². The second-order valence-corrected chi connectivity index (χ2v) is 7.92. The van der Waals surface area contributed by atoms with Crippen molar-refractivity contribution in [2.75, 3.05) is 6.61 Å². The van der Waals surface area contributed by atoms with Gasteiger partial charge >= 0.3 is 5.97 Å². The van der Waals surface area contributed by atoms with Crippen LogP contribution >= 0.6 is 22.7 Å². The summed E-state index contributed by atoms with van der Waals surface area (Å²) in [6.45, 7) is 5.43. The van der Waals surface area contributed by atoms with Gasteiger partial charge in [-0.1, -0.05) is 6.07 Å². The van der Waals surface area contributed by atoms with Gasteiger partial charge in [-0.2, -0.15) is 0 Å². The molecule has 0 radical (unpaired) electrons. The average Bonchev–Trinajstić information content (AvgIpc) is 3.26. The molecule has 27 heavy (non-hydrogen) atoms. The SMILES string of the molecule is CCOC(=O)c1sc2ncn(CC(=O)NC(C)c3cccs3)c(=O)c2c1C. The van der Waals surface area contributed by atoms with E-state index < -0.39 is 5.97 Å². The topological polar surface area (TPSA) is 90.3 Å². The first-order valence-corrected chi connectivity index (χ1v) is 10.1. The first-order chi connectivity index (χ1) is 12.9. The second-order valence-electron chi connectivity index (χ2n) is 5.94. The van der Waals surface area contributed by atoms with Crippen LogP contribution in [-0.4, -0.2) is 28.0 Å². The Kier molecular flexibility index (Phi) is 5.71. The number of ether oxygens (including phenoxy) is 1. The molecule has 1 unspecified atom stereocenters. The van der Waals surface area contributed by atoms with E-state index in [0.29, 0.717) is 20.7 Å². The zero-order valence-electron chi connectivity index (χ0n) is 15.1. The van der Waals surface area contributed by atoms with E-state index >= 15 is 0 Å². The lowest BCUT2D eigenvalue weighted by Crippen LogP contribution is -2.33. The Morgan fingerprint density at radius 2 is 2.19 bits per heavy atom. The van der Waals surface area contributed by atoms with Gasteiger partial charge in [-0.05, 0) is 37.8 Å². The summed E-state index contributed by atoms with van der Waals surface area (Å²) in [5, 5.41) is 5.17. The summed E-state index contributed by atoms with van der Waals surface area (Å²) < 4.78 is 6.28. The number of thiophene rings is 2. The molecule has 0 bridgehead atoms. The van der Waals surface area contributed by atoms with Crippen LogP contribution in [0.15, 0.2) is 28.6 Å². The van der Waals surface area contributed by atoms with Crippen molar-refractivity contribution in [1.82, 2.24) is 14.9 Å². The van der Waals surface area contributed by atoms with Crippen LogP contribution in [-0.2, 0) is 16.1 Å². The second kappa shape index (κ2) is 8.01. The molecule has 3 heterocycles. The minimum absolute atomic E-state index is 0.136. The van der Waals surface area contributed by atoms with Gasteiger partial charge in [-0.3, -0.25) is 14.2 Å². The molecule has 142 valence electrons. The van der Waals surface area contributed by atoms with Gasteiger partial charge < -0.3 is 10.1 Å². The molecule has 7 nitrogen and oxygen atoms in total. The minimum Gasteiger partial charge on any atom is -0.462 e. The number of fused-ring (bicyclic) bond motifs is 1. The van der Waals surface area contributed by atoms with Crippen molar-refractivity contribution in [3.05, 3.63) is 49.5 Å². The van der Waals surface area contributed by atoms with E-state index in [2.05, 4.69) is 10.3 Å². The number of nitrogens with zero attached hydrogens (tertiary/aromatic N) is 2. The first-order valence-electron chi connectivity index (χ1n) is 8.40. The van der Waals surface area contributed by atoms with E-state index in [4.69, 9.17) is 4.74 Å². The summed E-state index contributed by atoms with van der Waals surface area (Å²) in [6.07, 6.45) is 1.34. The number of esters is 1. The third-order valence-electron chi connectivity index (χ3n) is 4.04. The molecule has 3 aromatic rings. The van der Waals surface area contributed by atoms with Crippen molar-refractivity contribution >= 4 is 44.8 Å². The lowest BCUT2D eigenvalue weighted by molar-refractivity contribution is -0.122. The standard InChI is InChI=1S/C18H19N3O4S2/c1-4-25-18(24)15-10(2)14-16(27-15)19-9-21(17(14)23)8-13(22)20-11(3)12-6-5-7-26-12/h5-7,9,11H,4,8H2,1-3H3,(H,20,22). The van der Waals surface area contributed by atoms with Crippen LogP contribution in [0.2, 0.25) is 0 Å². The first kappa shape index (κ1) is 19.2. The quantitative estimate of drug-likeness (QED) is 0.637. The molecule has 1 N–H and O–H groups in total. The van der Waals surface area contributed by atoms with Gasteiger partial charge in [-0.25, -0.2) is 9.78 Å². The van der Waals surface area contributed by atoms with Crippen molar-refractivity contribution in [3.63, 3.8) is 0 Å². The third-order valence-corrected chi connectivity index (χ3v) is 6.27. The fraction of sp³-hybridized carbons (Fsp3) is 0.333. The molecule has 3 aromatic heterocycles. The van der Waals surface area contributed by atoms with E-state index in [-0.39, 0.29) is 30.7 Å². The monoisotopic (exact) mass is 405 g/mol. The molecule has 1 amide bonds. The van der Waals surface area contributed by atoms with Gasteiger partial charge in [0.1, 0.15) is 16.3 Å². The maximum atomic E-state index is 12.8. The maximum Gasteiger partial charge on any atom is 0.348 e. The number of aromatic nitrogens is 2.